The van der Waals surface area contributed by atoms with Crippen molar-refractivity contribution in [1.82, 2.24) is 5.32 Å². The van der Waals surface area contributed by atoms with Crippen LogP contribution in [-0.2, 0) is 0 Å². The second kappa shape index (κ2) is 7.92. The van der Waals surface area contributed by atoms with Crippen LogP contribution in [0.5, 0.6) is 0 Å². The summed E-state index contributed by atoms with van der Waals surface area (Å²) in [5, 5.41) is 3.69. The van der Waals surface area contributed by atoms with Crippen molar-refractivity contribution in [1.29, 1.82) is 0 Å². The summed E-state index contributed by atoms with van der Waals surface area (Å²) in [7, 11) is 0. The third kappa shape index (κ3) is 4.83. The van der Waals surface area contributed by atoms with E-state index in [1.165, 1.54) is 50.5 Å². The fourth-order valence-corrected chi connectivity index (χ4v) is 3.26. The maximum Gasteiger partial charge on any atom is 0.0302 e. The third-order valence-corrected chi connectivity index (χ3v) is 4.20. The smallest absolute Gasteiger partial charge is 0.0302 e. The van der Waals surface area contributed by atoms with Gasteiger partial charge in [0.15, 0.2) is 0 Å². The molecule has 0 aromatic rings. The molecule has 1 fully saturated rings. The molecule has 0 amide bonds. The summed E-state index contributed by atoms with van der Waals surface area (Å²) in [4.78, 5) is 0. The molecule has 1 aliphatic rings. The standard InChI is InChI=1S/C16H31N/c1-5-7-14-8-10-15(11-9-14)16(13(3)4)17-12-6-2/h14-17H,3,5-12H2,1-2,4H3. The van der Waals surface area contributed by atoms with E-state index >= 15 is 0 Å². The van der Waals surface area contributed by atoms with Gasteiger partial charge in [0, 0.05) is 6.04 Å². The van der Waals surface area contributed by atoms with Gasteiger partial charge in [0.05, 0.1) is 0 Å². The number of hydrogen-bond acceptors (Lipinski definition) is 1. The van der Waals surface area contributed by atoms with Crippen LogP contribution in [0, 0.1) is 11.8 Å². The summed E-state index contributed by atoms with van der Waals surface area (Å²) in [5.41, 5.74) is 1.33. The predicted octanol–water partition coefficient (Wildman–Crippen LogP) is 4.54. The number of nitrogens with one attached hydrogen (secondary N) is 1. The van der Waals surface area contributed by atoms with Gasteiger partial charge in [0.2, 0.25) is 0 Å². The quantitative estimate of drug-likeness (QED) is 0.641. The summed E-state index contributed by atoms with van der Waals surface area (Å²) < 4.78 is 0. The zero-order valence-corrected chi connectivity index (χ0v) is 12.1. The average Bonchev–Trinajstić information content (AvgIpc) is 2.31. The normalized spacial score (nSPS) is 26.8. The Morgan fingerprint density at radius 2 is 1.82 bits per heavy atom. The summed E-state index contributed by atoms with van der Waals surface area (Å²) in [6.07, 6.45) is 9.69. The highest BCUT2D eigenvalue weighted by Crippen LogP contribution is 2.34. The van der Waals surface area contributed by atoms with E-state index in [-0.39, 0.29) is 0 Å². The largest absolute Gasteiger partial charge is 0.310 e. The van der Waals surface area contributed by atoms with Crippen molar-refractivity contribution < 1.29 is 0 Å². The molecule has 1 aliphatic carbocycles. The van der Waals surface area contributed by atoms with E-state index in [9.17, 15) is 0 Å². The van der Waals surface area contributed by atoms with Crippen LogP contribution in [0.15, 0.2) is 12.2 Å². The molecule has 1 saturated carbocycles. The van der Waals surface area contributed by atoms with Gasteiger partial charge in [0.1, 0.15) is 0 Å². The molecule has 100 valence electrons. The first-order valence-electron chi connectivity index (χ1n) is 7.57. The highest BCUT2D eigenvalue weighted by molar-refractivity contribution is 5.05. The van der Waals surface area contributed by atoms with Gasteiger partial charge in [-0.1, -0.05) is 51.7 Å². The first kappa shape index (κ1) is 14.8. The molecule has 1 rings (SSSR count). The fourth-order valence-electron chi connectivity index (χ4n) is 3.26. The molecular weight excluding hydrogens is 206 g/mol. The van der Waals surface area contributed by atoms with Crippen LogP contribution in [0.4, 0.5) is 0 Å². The van der Waals surface area contributed by atoms with Crippen molar-refractivity contribution >= 4 is 0 Å². The van der Waals surface area contributed by atoms with E-state index < -0.39 is 0 Å². The molecule has 0 spiro atoms. The lowest BCUT2D eigenvalue weighted by Gasteiger charge is -2.35. The molecule has 0 radical (unpaired) electrons. The van der Waals surface area contributed by atoms with E-state index in [1.54, 1.807) is 0 Å². The van der Waals surface area contributed by atoms with Gasteiger partial charge in [0.25, 0.3) is 0 Å². The van der Waals surface area contributed by atoms with E-state index in [0.29, 0.717) is 6.04 Å². The summed E-state index contributed by atoms with van der Waals surface area (Å²) >= 11 is 0. The van der Waals surface area contributed by atoms with Gasteiger partial charge in [-0.3, -0.25) is 0 Å². The molecule has 0 saturated heterocycles. The van der Waals surface area contributed by atoms with Gasteiger partial charge < -0.3 is 5.32 Å². The molecule has 1 heteroatoms. The van der Waals surface area contributed by atoms with Crippen LogP contribution in [-0.4, -0.2) is 12.6 Å². The average molecular weight is 237 g/mol. The molecule has 1 atom stereocenters. The van der Waals surface area contributed by atoms with Crippen molar-refractivity contribution in [3.8, 4) is 0 Å². The Labute approximate surface area is 108 Å². The Bertz CT molecular complexity index is 214. The van der Waals surface area contributed by atoms with Crippen molar-refractivity contribution in [2.75, 3.05) is 6.54 Å². The lowest BCUT2D eigenvalue weighted by Crippen LogP contribution is -2.39. The predicted molar refractivity (Wildman–Crippen MR) is 77.3 cm³/mol. The molecule has 1 unspecified atom stereocenters. The minimum Gasteiger partial charge on any atom is -0.310 e. The summed E-state index contributed by atoms with van der Waals surface area (Å²) in [6, 6.07) is 0.567. The molecule has 17 heavy (non-hydrogen) atoms. The maximum atomic E-state index is 4.18. The molecule has 0 heterocycles. The van der Waals surface area contributed by atoms with Crippen LogP contribution in [0.2, 0.25) is 0 Å². The fraction of sp³-hybridized carbons (Fsp3) is 0.875. The van der Waals surface area contributed by atoms with Crippen LogP contribution < -0.4 is 5.32 Å². The zero-order chi connectivity index (χ0) is 12.7. The Balaban J connectivity index is 2.40. The van der Waals surface area contributed by atoms with E-state index in [1.807, 2.05) is 0 Å². The Morgan fingerprint density at radius 3 is 2.29 bits per heavy atom. The Hall–Kier alpha value is -0.300. The maximum absolute atomic E-state index is 4.18. The van der Waals surface area contributed by atoms with Crippen molar-refractivity contribution in [2.45, 2.75) is 71.8 Å². The molecular formula is C16H31N. The first-order chi connectivity index (χ1) is 8.19. The second-order valence-corrected chi connectivity index (χ2v) is 5.85. The van der Waals surface area contributed by atoms with Crippen molar-refractivity contribution in [3.63, 3.8) is 0 Å². The summed E-state index contributed by atoms with van der Waals surface area (Å²) in [6.45, 7) is 12.0. The molecule has 0 aliphatic heterocycles. The van der Waals surface area contributed by atoms with Crippen LogP contribution in [0.3, 0.4) is 0 Å². The van der Waals surface area contributed by atoms with E-state index in [0.717, 1.165) is 18.4 Å². The molecule has 0 aromatic heterocycles. The van der Waals surface area contributed by atoms with Gasteiger partial charge in [-0.2, -0.15) is 0 Å². The van der Waals surface area contributed by atoms with Crippen LogP contribution in [0.25, 0.3) is 0 Å². The molecule has 1 N–H and O–H groups in total. The molecule has 0 bridgehead atoms. The highest BCUT2D eigenvalue weighted by Gasteiger charge is 2.27. The lowest BCUT2D eigenvalue weighted by molar-refractivity contribution is 0.228. The summed E-state index contributed by atoms with van der Waals surface area (Å²) in [5.74, 6) is 1.85. The molecule has 0 aromatic carbocycles. The van der Waals surface area contributed by atoms with Gasteiger partial charge in [-0.05, 0) is 44.6 Å². The SMILES string of the molecule is C=C(C)C(NCCC)C1CCC(CCC)CC1. The van der Waals surface area contributed by atoms with Crippen LogP contribution >= 0.6 is 0 Å². The van der Waals surface area contributed by atoms with E-state index in [2.05, 4.69) is 32.7 Å². The highest BCUT2D eigenvalue weighted by atomic mass is 14.9. The van der Waals surface area contributed by atoms with Crippen molar-refractivity contribution in [3.05, 3.63) is 12.2 Å². The molecule has 1 nitrogen and oxygen atoms in total. The second-order valence-electron chi connectivity index (χ2n) is 5.85. The van der Waals surface area contributed by atoms with Crippen molar-refractivity contribution in [2.24, 2.45) is 11.8 Å². The monoisotopic (exact) mass is 237 g/mol. The Kier molecular flexibility index (Phi) is 6.87. The topological polar surface area (TPSA) is 12.0 Å². The van der Waals surface area contributed by atoms with Gasteiger partial charge >= 0.3 is 0 Å². The minimum absolute atomic E-state index is 0.567. The first-order valence-corrected chi connectivity index (χ1v) is 7.57. The van der Waals surface area contributed by atoms with Crippen LogP contribution in [0.1, 0.15) is 65.7 Å². The minimum atomic E-state index is 0.567. The van der Waals surface area contributed by atoms with E-state index in [4.69, 9.17) is 0 Å². The number of rotatable bonds is 7. The van der Waals surface area contributed by atoms with Gasteiger partial charge in [-0.15, -0.1) is 0 Å². The third-order valence-electron chi connectivity index (χ3n) is 4.20. The number of hydrogen-bond donors (Lipinski definition) is 1. The zero-order valence-electron chi connectivity index (χ0n) is 12.1. The lowest BCUT2D eigenvalue weighted by atomic mass is 9.75. The Morgan fingerprint density at radius 1 is 1.18 bits per heavy atom. The van der Waals surface area contributed by atoms with Gasteiger partial charge in [-0.25, -0.2) is 0 Å².